The summed E-state index contributed by atoms with van der Waals surface area (Å²) in [5.74, 6) is 0.576. The Morgan fingerprint density at radius 1 is 1.78 bits per heavy atom. The third kappa shape index (κ3) is 1.93. The van der Waals surface area contributed by atoms with Crippen LogP contribution in [0.5, 0.6) is 0 Å². The van der Waals surface area contributed by atoms with Crippen LogP contribution in [0.25, 0.3) is 0 Å². The molecule has 3 nitrogen and oxygen atoms in total. The van der Waals surface area contributed by atoms with Crippen LogP contribution in [0.15, 0.2) is 0 Å². The molecule has 1 aliphatic rings. The number of nitrogens with one attached hydrogen (secondary N) is 1. The highest BCUT2D eigenvalue weighted by Gasteiger charge is 2.20. The van der Waals surface area contributed by atoms with E-state index in [1.54, 1.807) is 7.05 Å². The molecule has 1 heterocycles. The zero-order chi connectivity index (χ0) is 6.69. The van der Waals surface area contributed by atoms with Gasteiger partial charge in [0.25, 0.3) is 0 Å². The van der Waals surface area contributed by atoms with Crippen molar-refractivity contribution in [3.63, 3.8) is 0 Å². The third-order valence-corrected chi connectivity index (χ3v) is 1.60. The molecule has 2 N–H and O–H groups in total. The summed E-state index contributed by atoms with van der Waals surface area (Å²) in [5.41, 5.74) is 0. The van der Waals surface area contributed by atoms with Gasteiger partial charge in [0, 0.05) is 5.92 Å². The number of aliphatic hydroxyl groups is 1. The van der Waals surface area contributed by atoms with Gasteiger partial charge in [-0.3, -0.25) is 5.32 Å². The molecule has 0 aromatic heterocycles. The fraction of sp³-hybridized carbons (Fsp3) is 1.00. The average Bonchev–Trinajstić information content (AvgIpc) is 1.78. The molecule has 0 saturated carbocycles. The zero-order valence-electron chi connectivity index (χ0n) is 5.63. The summed E-state index contributed by atoms with van der Waals surface area (Å²) in [6, 6.07) is 0. The highest BCUT2D eigenvalue weighted by atomic mass is 16.5. The van der Waals surface area contributed by atoms with Crippen LogP contribution in [0.1, 0.15) is 6.42 Å². The monoisotopic (exact) mass is 131 g/mol. The average molecular weight is 131 g/mol. The van der Waals surface area contributed by atoms with Crippen molar-refractivity contribution in [2.24, 2.45) is 5.92 Å². The SMILES string of the molecule is CNC(O)CC1COC1. The van der Waals surface area contributed by atoms with Gasteiger partial charge in [0.05, 0.1) is 13.2 Å². The van der Waals surface area contributed by atoms with Crippen LogP contribution < -0.4 is 5.32 Å². The molecule has 0 amide bonds. The molecule has 0 bridgehead atoms. The lowest BCUT2D eigenvalue weighted by Crippen LogP contribution is -2.35. The van der Waals surface area contributed by atoms with Gasteiger partial charge in [0.1, 0.15) is 6.23 Å². The standard InChI is InChI=1S/C6H13NO2/c1-7-6(8)2-5-3-9-4-5/h5-8H,2-4H2,1H3. The summed E-state index contributed by atoms with van der Waals surface area (Å²) in [6.45, 7) is 1.64. The summed E-state index contributed by atoms with van der Waals surface area (Å²) in [6.07, 6.45) is 0.468. The van der Waals surface area contributed by atoms with E-state index in [1.165, 1.54) is 0 Å². The molecule has 0 aliphatic carbocycles. The molecule has 3 heteroatoms. The minimum absolute atomic E-state index is 0.348. The minimum atomic E-state index is -0.348. The predicted molar refractivity (Wildman–Crippen MR) is 34.0 cm³/mol. The van der Waals surface area contributed by atoms with Crippen molar-refractivity contribution in [2.75, 3.05) is 20.3 Å². The van der Waals surface area contributed by atoms with Gasteiger partial charge >= 0.3 is 0 Å². The van der Waals surface area contributed by atoms with Gasteiger partial charge in [-0.05, 0) is 13.5 Å². The van der Waals surface area contributed by atoms with Crippen LogP contribution in [0.2, 0.25) is 0 Å². The van der Waals surface area contributed by atoms with Crippen molar-refractivity contribution in [1.82, 2.24) is 5.32 Å². The molecular formula is C6H13NO2. The number of hydrogen-bond acceptors (Lipinski definition) is 3. The van der Waals surface area contributed by atoms with Gasteiger partial charge in [-0.15, -0.1) is 0 Å². The third-order valence-electron chi connectivity index (χ3n) is 1.60. The van der Waals surface area contributed by atoms with E-state index in [0.29, 0.717) is 5.92 Å². The lowest BCUT2D eigenvalue weighted by atomic mass is 10.0. The van der Waals surface area contributed by atoms with Crippen molar-refractivity contribution in [3.05, 3.63) is 0 Å². The molecule has 1 aliphatic heterocycles. The molecule has 0 aromatic rings. The van der Waals surface area contributed by atoms with Gasteiger partial charge in [-0.2, -0.15) is 0 Å². The maximum atomic E-state index is 9.03. The van der Waals surface area contributed by atoms with E-state index < -0.39 is 0 Å². The predicted octanol–water partition coefficient (Wildman–Crippen LogP) is -0.439. The zero-order valence-corrected chi connectivity index (χ0v) is 5.63. The number of aliphatic hydroxyl groups excluding tert-OH is 1. The van der Waals surface area contributed by atoms with Gasteiger partial charge in [-0.25, -0.2) is 0 Å². The fourth-order valence-corrected chi connectivity index (χ4v) is 0.854. The number of hydrogen-bond donors (Lipinski definition) is 2. The van der Waals surface area contributed by atoms with Crippen LogP contribution in [0, 0.1) is 5.92 Å². The Balaban J connectivity index is 2.01. The molecule has 1 fully saturated rings. The first-order valence-corrected chi connectivity index (χ1v) is 3.26. The Kier molecular flexibility index (Phi) is 2.45. The van der Waals surface area contributed by atoms with Crippen molar-refractivity contribution in [1.29, 1.82) is 0 Å². The Hall–Kier alpha value is -0.120. The van der Waals surface area contributed by atoms with Crippen LogP contribution in [-0.4, -0.2) is 31.6 Å². The topological polar surface area (TPSA) is 41.5 Å². The molecule has 0 spiro atoms. The largest absolute Gasteiger partial charge is 0.381 e. The molecule has 9 heavy (non-hydrogen) atoms. The first-order chi connectivity index (χ1) is 4.33. The first-order valence-electron chi connectivity index (χ1n) is 3.26. The maximum Gasteiger partial charge on any atom is 0.105 e. The van der Waals surface area contributed by atoms with Gasteiger partial charge in [-0.1, -0.05) is 0 Å². The second-order valence-corrected chi connectivity index (χ2v) is 2.44. The summed E-state index contributed by atoms with van der Waals surface area (Å²) in [4.78, 5) is 0. The highest BCUT2D eigenvalue weighted by Crippen LogP contribution is 2.14. The van der Waals surface area contributed by atoms with Crippen LogP contribution in [-0.2, 0) is 4.74 Å². The molecule has 54 valence electrons. The van der Waals surface area contributed by atoms with Gasteiger partial charge in [0.15, 0.2) is 0 Å². The van der Waals surface area contributed by atoms with Gasteiger partial charge < -0.3 is 9.84 Å². The second kappa shape index (κ2) is 3.15. The molecule has 1 unspecified atom stereocenters. The Morgan fingerprint density at radius 2 is 2.44 bits per heavy atom. The summed E-state index contributed by atoms with van der Waals surface area (Å²) in [7, 11) is 1.75. The van der Waals surface area contributed by atoms with Crippen molar-refractivity contribution in [3.8, 4) is 0 Å². The van der Waals surface area contributed by atoms with Crippen LogP contribution >= 0.6 is 0 Å². The molecule has 1 saturated heterocycles. The first kappa shape index (κ1) is 6.99. The normalized spacial score (nSPS) is 23.3. The van der Waals surface area contributed by atoms with E-state index in [2.05, 4.69) is 5.32 Å². The molecular weight excluding hydrogens is 118 g/mol. The number of rotatable bonds is 3. The maximum absolute atomic E-state index is 9.03. The van der Waals surface area contributed by atoms with Crippen molar-refractivity contribution in [2.45, 2.75) is 12.6 Å². The summed E-state index contributed by atoms with van der Waals surface area (Å²) < 4.78 is 4.94. The Bertz CT molecular complexity index is 80.4. The lowest BCUT2D eigenvalue weighted by Gasteiger charge is -2.27. The van der Waals surface area contributed by atoms with E-state index in [9.17, 15) is 0 Å². The Labute approximate surface area is 55.0 Å². The van der Waals surface area contributed by atoms with Crippen LogP contribution in [0.4, 0.5) is 0 Å². The smallest absolute Gasteiger partial charge is 0.105 e. The van der Waals surface area contributed by atoms with Crippen LogP contribution in [0.3, 0.4) is 0 Å². The molecule has 1 rings (SSSR count). The summed E-state index contributed by atoms with van der Waals surface area (Å²) in [5, 5.41) is 11.8. The van der Waals surface area contributed by atoms with E-state index in [0.717, 1.165) is 19.6 Å². The fourth-order valence-electron chi connectivity index (χ4n) is 0.854. The molecule has 0 radical (unpaired) electrons. The van der Waals surface area contributed by atoms with E-state index in [4.69, 9.17) is 9.84 Å². The van der Waals surface area contributed by atoms with Crippen molar-refractivity contribution >= 4 is 0 Å². The molecule has 0 aromatic carbocycles. The van der Waals surface area contributed by atoms with E-state index in [-0.39, 0.29) is 6.23 Å². The quantitative estimate of drug-likeness (QED) is 0.510. The number of ether oxygens (including phenoxy) is 1. The highest BCUT2D eigenvalue weighted by molar-refractivity contribution is 4.67. The van der Waals surface area contributed by atoms with Gasteiger partial charge in [0.2, 0.25) is 0 Å². The van der Waals surface area contributed by atoms with Crippen molar-refractivity contribution < 1.29 is 9.84 Å². The van der Waals surface area contributed by atoms with E-state index in [1.807, 2.05) is 0 Å². The molecule has 1 atom stereocenters. The lowest BCUT2D eigenvalue weighted by molar-refractivity contribution is -0.0559. The Morgan fingerprint density at radius 3 is 2.78 bits per heavy atom. The summed E-state index contributed by atoms with van der Waals surface area (Å²) >= 11 is 0. The second-order valence-electron chi connectivity index (χ2n) is 2.44. The minimum Gasteiger partial charge on any atom is -0.381 e. The van der Waals surface area contributed by atoms with E-state index >= 15 is 0 Å².